The van der Waals surface area contributed by atoms with Crippen LogP contribution in [0, 0.1) is 0 Å². The Labute approximate surface area is 99.5 Å². The lowest BCUT2D eigenvalue weighted by Crippen LogP contribution is -2.17. The zero-order valence-corrected chi connectivity index (χ0v) is 9.82. The molecule has 0 heterocycles. The SMILES string of the molecule is COC(=O)C1=C(O)Cc2cccc(OC)c2C1. The van der Waals surface area contributed by atoms with E-state index in [4.69, 9.17) is 4.74 Å². The van der Waals surface area contributed by atoms with Gasteiger partial charge in [-0.3, -0.25) is 0 Å². The Hall–Kier alpha value is -1.97. The number of carbonyl (C=O) groups is 1. The standard InChI is InChI=1S/C13H14O4/c1-16-12-5-3-4-8-6-11(14)10(7-9(8)12)13(15)17-2/h3-5,14H,6-7H2,1-2H3. The number of rotatable bonds is 2. The Morgan fingerprint density at radius 2 is 2.06 bits per heavy atom. The van der Waals surface area contributed by atoms with Gasteiger partial charge in [-0.1, -0.05) is 12.1 Å². The van der Waals surface area contributed by atoms with Crippen LogP contribution in [-0.4, -0.2) is 25.3 Å². The van der Waals surface area contributed by atoms with Crippen LogP contribution >= 0.6 is 0 Å². The van der Waals surface area contributed by atoms with Gasteiger partial charge in [-0.25, -0.2) is 4.79 Å². The van der Waals surface area contributed by atoms with Crippen LogP contribution in [0.2, 0.25) is 0 Å². The number of aliphatic hydroxyl groups excluding tert-OH is 1. The number of fused-ring (bicyclic) bond motifs is 1. The first kappa shape index (κ1) is 11.5. The normalized spacial score (nSPS) is 14.2. The molecule has 0 fully saturated rings. The second-order valence-corrected chi connectivity index (χ2v) is 3.87. The highest BCUT2D eigenvalue weighted by Gasteiger charge is 2.25. The van der Waals surface area contributed by atoms with E-state index in [9.17, 15) is 9.90 Å². The number of hydrogen-bond donors (Lipinski definition) is 1. The lowest BCUT2D eigenvalue weighted by molar-refractivity contribution is -0.136. The van der Waals surface area contributed by atoms with Crippen LogP contribution in [-0.2, 0) is 22.4 Å². The van der Waals surface area contributed by atoms with Gasteiger partial charge in [0.25, 0.3) is 0 Å². The van der Waals surface area contributed by atoms with E-state index in [0.29, 0.717) is 18.4 Å². The molecule has 4 heteroatoms. The molecule has 1 aliphatic rings. The van der Waals surface area contributed by atoms with Crippen molar-refractivity contribution in [2.45, 2.75) is 12.8 Å². The highest BCUT2D eigenvalue weighted by atomic mass is 16.5. The number of methoxy groups -OCH3 is 2. The van der Waals surface area contributed by atoms with Crippen LogP contribution in [0.5, 0.6) is 5.75 Å². The van der Waals surface area contributed by atoms with E-state index in [1.807, 2.05) is 18.2 Å². The molecule has 0 saturated carbocycles. The molecule has 0 bridgehead atoms. The number of allylic oxidation sites excluding steroid dienone is 1. The Balaban J connectivity index is 2.42. The summed E-state index contributed by atoms with van der Waals surface area (Å²) in [5.41, 5.74) is 2.23. The molecule has 0 radical (unpaired) electrons. The molecule has 1 aliphatic carbocycles. The van der Waals surface area contributed by atoms with Gasteiger partial charge in [0.2, 0.25) is 0 Å². The average Bonchev–Trinajstić information content (AvgIpc) is 2.36. The van der Waals surface area contributed by atoms with Crippen molar-refractivity contribution < 1.29 is 19.4 Å². The third kappa shape index (κ3) is 1.98. The number of aliphatic hydroxyl groups is 1. The zero-order chi connectivity index (χ0) is 12.4. The minimum atomic E-state index is -0.487. The summed E-state index contributed by atoms with van der Waals surface area (Å²) in [6.07, 6.45) is 0.689. The fourth-order valence-corrected chi connectivity index (χ4v) is 2.05. The minimum absolute atomic E-state index is 0.0811. The van der Waals surface area contributed by atoms with Gasteiger partial charge in [0.15, 0.2) is 0 Å². The molecule has 1 aromatic rings. The topological polar surface area (TPSA) is 55.8 Å². The first-order valence-electron chi connectivity index (χ1n) is 5.31. The molecule has 0 aliphatic heterocycles. The summed E-state index contributed by atoms with van der Waals surface area (Å²) in [5, 5.41) is 9.82. The van der Waals surface area contributed by atoms with E-state index in [2.05, 4.69) is 4.74 Å². The third-order valence-corrected chi connectivity index (χ3v) is 2.94. The lowest BCUT2D eigenvalue weighted by atomic mass is 9.89. The first-order valence-corrected chi connectivity index (χ1v) is 5.31. The summed E-state index contributed by atoms with van der Waals surface area (Å²) in [4.78, 5) is 11.5. The van der Waals surface area contributed by atoms with E-state index >= 15 is 0 Å². The maximum absolute atomic E-state index is 11.5. The molecule has 0 aromatic heterocycles. The van der Waals surface area contributed by atoms with Gasteiger partial charge in [-0.15, -0.1) is 0 Å². The largest absolute Gasteiger partial charge is 0.511 e. The number of ether oxygens (including phenoxy) is 2. The maximum atomic E-state index is 11.5. The summed E-state index contributed by atoms with van der Waals surface area (Å²) < 4.78 is 9.90. The monoisotopic (exact) mass is 234 g/mol. The molecule has 0 unspecified atom stereocenters. The van der Waals surface area contributed by atoms with Crippen molar-refractivity contribution in [1.29, 1.82) is 0 Å². The van der Waals surface area contributed by atoms with Crippen molar-refractivity contribution in [3.8, 4) is 5.75 Å². The molecule has 90 valence electrons. The van der Waals surface area contributed by atoms with Gasteiger partial charge in [0.05, 0.1) is 19.8 Å². The van der Waals surface area contributed by atoms with Crippen molar-refractivity contribution in [2.24, 2.45) is 0 Å². The summed E-state index contributed by atoms with van der Waals surface area (Å²) in [6, 6.07) is 5.63. The molecular formula is C13H14O4. The molecule has 1 aromatic carbocycles. The Morgan fingerprint density at radius 1 is 1.29 bits per heavy atom. The van der Waals surface area contributed by atoms with Gasteiger partial charge in [0, 0.05) is 18.4 Å². The molecule has 1 N–H and O–H groups in total. The van der Waals surface area contributed by atoms with Gasteiger partial charge in [-0.05, 0) is 11.6 Å². The lowest BCUT2D eigenvalue weighted by Gasteiger charge is -2.20. The maximum Gasteiger partial charge on any atom is 0.337 e. The van der Waals surface area contributed by atoms with E-state index < -0.39 is 5.97 Å². The van der Waals surface area contributed by atoms with Crippen LogP contribution in [0.4, 0.5) is 0 Å². The van der Waals surface area contributed by atoms with Crippen molar-refractivity contribution in [2.75, 3.05) is 14.2 Å². The van der Waals surface area contributed by atoms with Gasteiger partial charge >= 0.3 is 5.97 Å². The zero-order valence-electron chi connectivity index (χ0n) is 9.82. The summed E-state index contributed by atoms with van der Waals surface area (Å²) in [7, 11) is 2.89. The van der Waals surface area contributed by atoms with Crippen molar-refractivity contribution in [3.05, 3.63) is 40.7 Å². The van der Waals surface area contributed by atoms with E-state index in [1.165, 1.54) is 7.11 Å². The summed E-state index contributed by atoms with van der Waals surface area (Å²) in [6.45, 7) is 0. The molecular weight excluding hydrogens is 220 g/mol. The molecule has 2 rings (SSSR count). The summed E-state index contributed by atoms with van der Waals surface area (Å²) in [5.74, 6) is 0.327. The molecule has 4 nitrogen and oxygen atoms in total. The minimum Gasteiger partial charge on any atom is -0.511 e. The van der Waals surface area contributed by atoms with Crippen LogP contribution in [0.3, 0.4) is 0 Å². The number of hydrogen-bond acceptors (Lipinski definition) is 4. The molecule has 0 spiro atoms. The van der Waals surface area contributed by atoms with Gasteiger partial charge in [0.1, 0.15) is 11.5 Å². The van der Waals surface area contributed by atoms with E-state index in [-0.39, 0.29) is 5.76 Å². The Kier molecular flexibility index (Phi) is 3.04. The van der Waals surface area contributed by atoms with Crippen LogP contribution in [0.25, 0.3) is 0 Å². The van der Waals surface area contributed by atoms with Crippen molar-refractivity contribution in [3.63, 3.8) is 0 Å². The fourth-order valence-electron chi connectivity index (χ4n) is 2.05. The van der Waals surface area contributed by atoms with E-state index in [0.717, 1.165) is 16.9 Å². The first-order chi connectivity index (χ1) is 8.17. The fraction of sp³-hybridized carbons (Fsp3) is 0.308. The highest BCUT2D eigenvalue weighted by Crippen LogP contribution is 2.31. The average molecular weight is 234 g/mol. The Morgan fingerprint density at radius 3 is 2.71 bits per heavy atom. The van der Waals surface area contributed by atoms with Crippen LogP contribution < -0.4 is 4.74 Å². The highest BCUT2D eigenvalue weighted by molar-refractivity contribution is 5.90. The third-order valence-electron chi connectivity index (χ3n) is 2.94. The van der Waals surface area contributed by atoms with Crippen LogP contribution in [0.1, 0.15) is 11.1 Å². The predicted molar refractivity (Wildman–Crippen MR) is 62.1 cm³/mol. The van der Waals surface area contributed by atoms with Gasteiger partial charge in [-0.2, -0.15) is 0 Å². The molecule has 0 atom stereocenters. The smallest absolute Gasteiger partial charge is 0.337 e. The van der Waals surface area contributed by atoms with Crippen LogP contribution in [0.15, 0.2) is 29.5 Å². The molecule has 17 heavy (non-hydrogen) atoms. The predicted octanol–water partition coefficient (Wildman–Crippen LogP) is 1.78. The quantitative estimate of drug-likeness (QED) is 0.792. The second kappa shape index (κ2) is 4.49. The number of benzene rings is 1. The summed E-state index contributed by atoms with van der Waals surface area (Å²) >= 11 is 0. The Bertz CT molecular complexity index is 488. The van der Waals surface area contributed by atoms with Crippen molar-refractivity contribution in [1.82, 2.24) is 0 Å². The van der Waals surface area contributed by atoms with Gasteiger partial charge < -0.3 is 14.6 Å². The number of esters is 1. The molecule has 0 saturated heterocycles. The van der Waals surface area contributed by atoms with Crippen molar-refractivity contribution >= 4 is 5.97 Å². The van der Waals surface area contributed by atoms with E-state index in [1.54, 1.807) is 7.11 Å². The number of carbonyl (C=O) groups excluding carboxylic acids is 1. The molecule has 0 amide bonds. The second-order valence-electron chi connectivity index (χ2n) is 3.87.